The molecule has 0 aliphatic heterocycles. The Balaban J connectivity index is 2.67. The minimum atomic E-state index is -0.264. The molecular weight excluding hydrogens is 217 g/mol. The maximum atomic E-state index is 13.7. The van der Waals surface area contributed by atoms with Gasteiger partial charge in [0, 0.05) is 12.7 Å². The summed E-state index contributed by atoms with van der Waals surface area (Å²) < 4.78 is 15.5. The van der Waals surface area contributed by atoms with Gasteiger partial charge in [-0.25, -0.2) is 9.37 Å². The lowest BCUT2D eigenvalue weighted by Crippen LogP contribution is -2.14. The van der Waals surface area contributed by atoms with Crippen molar-refractivity contribution < 1.29 is 4.39 Å². The highest BCUT2D eigenvalue weighted by atomic mass is 19.1. The molecule has 0 aliphatic rings. The fraction of sp³-hybridized carbons (Fsp3) is 0.462. The number of fused-ring (bicyclic) bond motifs is 1. The van der Waals surface area contributed by atoms with E-state index in [9.17, 15) is 4.39 Å². The molecule has 0 spiro atoms. The lowest BCUT2D eigenvalue weighted by Gasteiger charge is -2.12. The van der Waals surface area contributed by atoms with Crippen molar-refractivity contribution in [2.45, 2.75) is 26.3 Å². The summed E-state index contributed by atoms with van der Waals surface area (Å²) in [6.45, 7) is 4.93. The van der Waals surface area contributed by atoms with Gasteiger partial charge in [0.15, 0.2) is 11.5 Å². The van der Waals surface area contributed by atoms with E-state index in [1.165, 1.54) is 6.07 Å². The van der Waals surface area contributed by atoms with E-state index in [4.69, 9.17) is 0 Å². The van der Waals surface area contributed by atoms with E-state index in [1.54, 1.807) is 6.07 Å². The van der Waals surface area contributed by atoms with Gasteiger partial charge in [-0.1, -0.05) is 13.8 Å². The number of hydrogen-bond donors (Lipinski definition) is 0. The molecule has 0 bridgehead atoms. The minimum Gasteiger partial charge on any atom is -0.304 e. The fourth-order valence-corrected chi connectivity index (χ4v) is 2.02. The van der Waals surface area contributed by atoms with Crippen molar-refractivity contribution in [2.24, 2.45) is 0 Å². The number of hydrogen-bond acceptors (Lipinski definition) is 2. The van der Waals surface area contributed by atoms with E-state index < -0.39 is 0 Å². The van der Waals surface area contributed by atoms with Crippen LogP contribution >= 0.6 is 0 Å². The third kappa shape index (κ3) is 2.17. The summed E-state index contributed by atoms with van der Waals surface area (Å²) in [6, 6.07) is 3.17. The molecule has 92 valence electrons. The van der Waals surface area contributed by atoms with E-state index >= 15 is 0 Å². The van der Waals surface area contributed by atoms with Crippen LogP contribution < -0.4 is 0 Å². The third-order valence-corrected chi connectivity index (χ3v) is 2.75. The van der Waals surface area contributed by atoms with Crippen molar-refractivity contribution in [2.75, 3.05) is 14.1 Å². The lowest BCUT2D eigenvalue weighted by molar-refractivity contribution is 0.392. The molecule has 3 nitrogen and oxygen atoms in total. The second kappa shape index (κ2) is 4.45. The van der Waals surface area contributed by atoms with Gasteiger partial charge in [-0.15, -0.1) is 0 Å². The van der Waals surface area contributed by atoms with Crippen LogP contribution in [0.2, 0.25) is 0 Å². The average Bonchev–Trinajstić information content (AvgIpc) is 2.58. The molecule has 4 heteroatoms. The fourth-order valence-electron chi connectivity index (χ4n) is 2.02. The molecule has 0 unspecified atom stereocenters. The molecule has 0 saturated heterocycles. The molecule has 2 aromatic rings. The smallest absolute Gasteiger partial charge is 0.173 e. The minimum absolute atomic E-state index is 0.264. The summed E-state index contributed by atoms with van der Waals surface area (Å²) in [4.78, 5) is 6.50. The highest BCUT2D eigenvalue weighted by Gasteiger charge is 2.17. The van der Waals surface area contributed by atoms with Crippen LogP contribution in [-0.4, -0.2) is 28.4 Å². The van der Waals surface area contributed by atoms with Crippen LogP contribution in [0.4, 0.5) is 4.39 Å². The van der Waals surface area contributed by atoms with Crippen LogP contribution in [0, 0.1) is 5.82 Å². The van der Waals surface area contributed by atoms with Crippen LogP contribution in [0.3, 0.4) is 0 Å². The van der Waals surface area contributed by atoms with Crippen LogP contribution in [0.5, 0.6) is 0 Å². The molecule has 0 atom stereocenters. The molecule has 0 aromatic carbocycles. The van der Waals surface area contributed by atoms with E-state index in [-0.39, 0.29) is 5.82 Å². The second-order valence-corrected chi connectivity index (χ2v) is 4.89. The van der Waals surface area contributed by atoms with Gasteiger partial charge in [0.2, 0.25) is 0 Å². The van der Waals surface area contributed by atoms with E-state index in [0.29, 0.717) is 11.6 Å². The normalized spacial score (nSPS) is 11.9. The van der Waals surface area contributed by atoms with Gasteiger partial charge in [-0.05, 0) is 32.1 Å². The topological polar surface area (TPSA) is 20.5 Å². The SMILES string of the molecule is CC(C)c1nc2c(F)cccn2c1CN(C)C. The monoisotopic (exact) mass is 235 g/mol. The predicted octanol–water partition coefficient (Wildman–Crippen LogP) is 2.66. The standard InChI is InChI=1S/C13H18FN3/c1-9(2)12-11(8-16(3)4)17-7-5-6-10(14)13(17)15-12/h5-7,9H,8H2,1-4H3. The van der Waals surface area contributed by atoms with Gasteiger partial charge in [0.1, 0.15) is 0 Å². The van der Waals surface area contributed by atoms with Gasteiger partial charge in [-0.3, -0.25) is 0 Å². The summed E-state index contributed by atoms with van der Waals surface area (Å²) in [5, 5.41) is 0. The first kappa shape index (κ1) is 12.0. The molecule has 2 heterocycles. The van der Waals surface area contributed by atoms with Gasteiger partial charge < -0.3 is 9.30 Å². The first-order valence-corrected chi connectivity index (χ1v) is 5.80. The quantitative estimate of drug-likeness (QED) is 0.815. The lowest BCUT2D eigenvalue weighted by atomic mass is 10.1. The molecule has 0 aliphatic carbocycles. The highest BCUT2D eigenvalue weighted by molar-refractivity contribution is 5.45. The zero-order valence-corrected chi connectivity index (χ0v) is 10.7. The van der Waals surface area contributed by atoms with Crippen LogP contribution in [0.25, 0.3) is 5.65 Å². The van der Waals surface area contributed by atoms with Crippen molar-refractivity contribution in [3.05, 3.63) is 35.5 Å². The second-order valence-electron chi connectivity index (χ2n) is 4.89. The number of pyridine rings is 1. The average molecular weight is 235 g/mol. The summed E-state index contributed by atoms with van der Waals surface area (Å²) in [5.74, 6) is 0.0312. The van der Waals surface area contributed by atoms with Gasteiger partial charge in [0.25, 0.3) is 0 Å². The third-order valence-electron chi connectivity index (χ3n) is 2.75. The Bertz CT molecular complexity index is 529. The summed E-state index contributed by atoms with van der Waals surface area (Å²) in [7, 11) is 4.01. The maximum absolute atomic E-state index is 13.7. The molecule has 2 rings (SSSR count). The molecule has 0 fully saturated rings. The summed E-state index contributed by atoms with van der Waals surface area (Å²) in [5.41, 5.74) is 2.47. The summed E-state index contributed by atoms with van der Waals surface area (Å²) >= 11 is 0. The number of nitrogens with zero attached hydrogens (tertiary/aromatic N) is 3. The van der Waals surface area contributed by atoms with Crippen molar-refractivity contribution in [1.29, 1.82) is 0 Å². The molecule has 0 saturated carbocycles. The van der Waals surface area contributed by atoms with Gasteiger partial charge >= 0.3 is 0 Å². The molecule has 0 radical (unpaired) electrons. The van der Waals surface area contributed by atoms with Crippen molar-refractivity contribution >= 4 is 5.65 Å². The largest absolute Gasteiger partial charge is 0.304 e. The first-order chi connectivity index (χ1) is 8.00. The van der Waals surface area contributed by atoms with Gasteiger partial charge in [0.05, 0.1) is 11.4 Å². The molecule has 0 N–H and O–H groups in total. The zero-order chi connectivity index (χ0) is 12.6. The maximum Gasteiger partial charge on any atom is 0.173 e. The van der Waals surface area contributed by atoms with Crippen LogP contribution in [0.15, 0.2) is 18.3 Å². The van der Waals surface area contributed by atoms with Crippen molar-refractivity contribution in [3.8, 4) is 0 Å². The molecular formula is C13H18FN3. The molecule has 0 amide bonds. The number of imidazole rings is 1. The number of halogens is 1. The van der Waals surface area contributed by atoms with Crippen LogP contribution in [-0.2, 0) is 6.54 Å². The van der Waals surface area contributed by atoms with E-state index in [0.717, 1.165) is 17.9 Å². The molecule has 2 aromatic heterocycles. The van der Waals surface area contributed by atoms with Crippen molar-refractivity contribution in [3.63, 3.8) is 0 Å². The summed E-state index contributed by atoms with van der Waals surface area (Å²) in [6.07, 6.45) is 1.87. The Labute approximate surface area is 101 Å². The Hall–Kier alpha value is -1.42. The Morgan fingerprint density at radius 3 is 2.71 bits per heavy atom. The van der Waals surface area contributed by atoms with Gasteiger partial charge in [-0.2, -0.15) is 0 Å². The predicted molar refractivity (Wildman–Crippen MR) is 66.6 cm³/mol. The van der Waals surface area contributed by atoms with Crippen LogP contribution in [0.1, 0.15) is 31.2 Å². The Morgan fingerprint density at radius 2 is 2.12 bits per heavy atom. The van der Waals surface area contributed by atoms with E-state index in [1.807, 2.05) is 24.7 Å². The highest BCUT2D eigenvalue weighted by Crippen LogP contribution is 2.22. The first-order valence-electron chi connectivity index (χ1n) is 5.80. The number of rotatable bonds is 3. The Kier molecular flexibility index (Phi) is 3.15. The van der Waals surface area contributed by atoms with E-state index in [2.05, 4.69) is 23.7 Å². The number of aromatic nitrogens is 2. The zero-order valence-electron chi connectivity index (χ0n) is 10.7. The Morgan fingerprint density at radius 1 is 1.41 bits per heavy atom. The van der Waals surface area contributed by atoms with Crippen molar-refractivity contribution in [1.82, 2.24) is 14.3 Å². The molecule has 17 heavy (non-hydrogen) atoms.